The van der Waals surface area contributed by atoms with Crippen LogP contribution in [0.4, 0.5) is 0 Å². The maximum Gasteiger partial charge on any atom is 0.268 e. The van der Waals surface area contributed by atoms with E-state index >= 15 is 0 Å². The molecule has 3 aromatic heterocycles. The Hall–Kier alpha value is -3.39. The van der Waals surface area contributed by atoms with Crippen molar-refractivity contribution in [2.45, 2.75) is 19.4 Å². The lowest BCUT2D eigenvalue weighted by molar-refractivity contribution is 0.0927. The third-order valence-corrected chi connectivity index (χ3v) is 6.02. The van der Waals surface area contributed by atoms with Gasteiger partial charge in [-0.05, 0) is 55.7 Å². The molecule has 164 valence electrons. The van der Waals surface area contributed by atoms with Gasteiger partial charge in [-0.15, -0.1) is 0 Å². The van der Waals surface area contributed by atoms with E-state index in [1.165, 1.54) is 6.07 Å². The Labute approximate surface area is 190 Å². The number of carbonyl (C=O) groups is 1. The number of H-pyrrole nitrogens is 1. The van der Waals surface area contributed by atoms with Gasteiger partial charge < -0.3 is 14.9 Å². The number of nitrogens with zero attached hydrogens (tertiary/aromatic N) is 3. The first-order chi connectivity index (χ1) is 15.5. The van der Waals surface area contributed by atoms with E-state index in [0.29, 0.717) is 29.3 Å². The number of aromatic amines is 1. The molecule has 0 saturated carbocycles. The zero-order valence-corrected chi connectivity index (χ0v) is 19.1. The summed E-state index contributed by atoms with van der Waals surface area (Å²) in [6.07, 6.45) is 4.31. The van der Waals surface area contributed by atoms with Crippen molar-refractivity contribution in [2.75, 3.05) is 12.0 Å². The van der Waals surface area contributed by atoms with E-state index in [0.717, 1.165) is 22.2 Å². The molecule has 2 N–H and O–H groups in total. The Kier molecular flexibility index (Phi) is 6.41. The third kappa shape index (κ3) is 4.60. The number of rotatable bonds is 7. The van der Waals surface area contributed by atoms with Gasteiger partial charge in [-0.2, -0.15) is 11.8 Å². The number of benzene rings is 1. The lowest BCUT2D eigenvalue weighted by Crippen LogP contribution is -2.32. The summed E-state index contributed by atoms with van der Waals surface area (Å²) >= 11 is 1.68. The van der Waals surface area contributed by atoms with E-state index in [1.807, 2.05) is 49.1 Å². The van der Waals surface area contributed by atoms with Crippen molar-refractivity contribution in [2.24, 2.45) is 7.05 Å². The molecule has 0 spiro atoms. The molecule has 1 atom stereocenters. The number of nitrogens with one attached hydrogen (secondary N) is 2. The molecule has 0 aliphatic heterocycles. The highest BCUT2D eigenvalue weighted by atomic mass is 32.2. The van der Waals surface area contributed by atoms with Gasteiger partial charge in [0.05, 0.1) is 11.7 Å². The Morgan fingerprint density at radius 1 is 1.22 bits per heavy atom. The molecule has 0 saturated heterocycles. The Bertz CT molecular complexity index is 1310. The van der Waals surface area contributed by atoms with Crippen LogP contribution in [0.25, 0.3) is 22.4 Å². The molecule has 8 heteroatoms. The summed E-state index contributed by atoms with van der Waals surface area (Å²) < 4.78 is 1.89. The second-order valence-electron chi connectivity index (χ2n) is 7.69. The van der Waals surface area contributed by atoms with Crippen LogP contribution in [-0.2, 0) is 7.05 Å². The van der Waals surface area contributed by atoms with Crippen molar-refractivity contribution in [3.63, 3.8) is 0 Å². The number of aromatic nitrogens is 4. The summed E-state index contributed by atoms with van der Waals surface area (Å²) in [6.45, 7) is 2.03. The first kappa shape index (κ1) is 21.8. The van der Waals surface area contributed by atoms with Gasteiger partial charge in [-0.25, -0.2) is 4.98 Å². The van der Waals surface area contributed by atoms with Crippen molar-refractivity contribution in [1.82, 2.24) is 24.8 Å². The van der Waals surface area contributed by atoms with E-state index in [4.69, 9.17) is 0 Å². The average Bonchev–Trinajstić information content (AvgIpc) is 3.12. The number of thioether (sulfide) groups is 1. The zero-order valence-electron chi connectivity index (χ0n) is 18.3. The average molecular weight is 448 g/mol. The van der Waals surface area contributed by atoms with Crippen LogP contribution >= 0.6 is 11.8 Å². The van der Waals surface area contributed by atoms with Crippen molar-refractivity contribution in [1.29, 1.82) is 0 Å². The number of fused-ring (bicyclic) bond motifs is 1. The van der Waals surface area contributed by atoms with Gasteiger partial charge in [0.25, 0.3) is 11.5 Å². The van der Waals surface area contributed by atoms with E-state index in [9.17, 15) is 9.59 Å². The summed E-state index contributed by atoms with van der Waals surface area (Å²) in [5.41, 5.74) is 3.52. The molecule has 0 aliphatic carbocycles. The SMILES string of the molecule is CSCC[C@@H](NC(=O)c1cc2cc(C)ccc2n1C)c1cc(=O)[nH]c(-c2ccccn2)n1. The molecule has 7 nitrogen and oxygen atoms in total. The predicted octanol–water partition coefficient (Wildman–Crippen LogP) is 3.86. The molecular formula is C24H25N5O2S. The monoisotopic (exact) mass is 447 g/mol. The van der Waals surface area contributed by atoms with Gasteiger partial charge in [-0.3, -0.25) is 14.6 Å². The summed E-state index contributed by atoms with van der Waals surface area (Å²) in [7, 11) is 1.88. The molecule has 3 heterocycles. The quantitative estimate of drug-likeness (QED) is 0.449. The summed E-state index contributed by atoms with van der Waals surface area (Å²) in [4.78, 5) is 37.3. The fraction of sp³-hybridized carbons (Fsp3) is 0.250. The molecule has 4 aromatic rings. The first-order valence-corrected chi connectivity index (χ1v) is 11.7. The Balaban J connectivity index is 1.68. The molecule has 0 unspecified atom stereocenters. The fourth-order valence-electron chi connectivity index (χ4n) is 3.73. The topological polar surface area (TPSA) is 92.7 Å². The smallest absolute Gasteiger partial charge is 0.268 e. The summed E-state index contributed by atoms with van der Waals surface area (Å²) in [5, 5.41) is 4.12. The zero-order chi connectivity index (χ0) is 22.7. The number of hydrogen-bond donors (Lipinski definition) is 2. The lowest BCUT2D eigenvalue weighted by atomic mass is 10.1. The van der Waals surface area contributed by atoms with Gasteiger partial charge in [-0.1, -0.05) is 17.7 Å². The second-order valence-corrected chi connectivity index (χ2v) is 8.68. The van der Waals surface area contributed by atoms with Crippen molar-refractivity contribution >= 4 is 28.6 Å². The number of amides is 1. The minimum atomic E-state index is -0.403. The molecule has 4 rings (SSSR count). The van der Waals surface area contributed by atoms with Crippen LogP contribution in [0.1, 0.15) is 34.2 Å². The standard InChI is InChI=1S/C24H25N5O2S/c1-15-7-8-20-16(12-15)13-21(29(20)2)24(31)27-17(9-11-32-3)19-14-22(30)28-23(26-19)18-6-4-5-10-25-18/h4-8,10,12-14,17H,9,11H2,1-3H3,(H,27,31)(H,26,28,30)/t17-/m1/s1. The van der Waals surface area contributed by atoms with Crippen LogP contribution in [0.15, 0.2) is 59.5 Å². The van der Waals surface area contributed by atoms with Crippen molar-refractivity contribution < 1.29 is 4.79 Å². The largest absolute Gasteiger partial charge is 0.342 e. The fourth-order valence-corrected chi connectivity index (χ4v) is 4.20. The minimum absolute atomic E-state index is 0.200. The van der Waals surface area contributed by atoms with Crippen molar-refractivity contribution in [3.8, 4) is 11.5 Å². The maximum absolute atomic E-state index is 13.2. The van der Waals surface area contributed by atoms with Crippen LogP contribution in [-0.4, -0.2) is 37.4 Å². The minimum Gasteiger partial charge on any atom is -0.342 e. The van der Waals surface area contributed by atoms with Crippen molar-refractivity contribution in [3.05, 3.63) is 82.0 Å². The first-order valence-electron chi connectivity index (χ1n) is 10.3. The lowest BCUT2D eigenvalue weighted by Gasteiger charge is -2.18. The highest BCUT2D eigenvalue weighted by Crippen LogP contribution is 2.23. The molecule has 0 aliphatic rings. The van der Waals surface area contributed by atoms with Gasteiger partial charge >= 0.3 is 0 Å². The van der Waals surface area contributed by atoms with E-state index < -0.39 is 6.04 Å². The number of hydrogen-bond acceptors (Lipinski definition) is 5. The van der Waals surface area contributed by atoms with E-state index in [-0.39, 0.29) is 11.5 Å². The highest BCUT2D eigenvalue weighted by molar-refractivity contribution is 7.98. The Morgan fingerprint density at radius 2 is 2.06 bits per heavy atom. The maximum atomic E-state index is 13.2. The molecular weight excluding hydrogens is 422 g/mol. The Morgan fingerprint density at radius 3 is 2.81 bits per heavy atom. The van der Waals surface area contributed by atoms with Gasteiger partial charge in [0.15, 0.2) is 5.82 Å². The molecule has 0 radical (unpaired) electrons. The van der Waals surface area contributed by atoms with Crippen LogP contribution < -0.4 is 10.9 Å². The van der Waals surface area contributed by atoms with Gasteiger partial charge in [0, 0.05) is 30.2 Å². The third-order valence-electron chi connectivity index (χ3n) is 5.37. The molecule has 1 aromatic carbocycles. The normalized spacial score (nSPS) is 12.1. The van der Waals surface area contributed by atoms with Gasteiger partial charge in [0.1, 0.15) is 11.4 Å². The number of pyridine rings is 1. The predicted molar refractivity (Wildman–Crippen MR) is 129 cm³/mol. The molecule has 0 bridgehead atoms. The van der Waals surface area contributed by atoms with Crippen LogP contribution in [0.5, 0.6) is 0 Å². The van der Waals surface area contributed by atoms with Crippen LogP contribution in [0.3, 0.4) is 0 Å². The number of carbonyl (C=O) groups excluding carboxylic acids is 1. The van der Waals surface area contributed by atoms with Crippen LogP contribution in [0, 0.1) is 6.92 Å². The number of aryl methyl sites for hydroxylation is 2. The van der Waals surface area contributed by atoms with Gasteiger partial charge in [0.2, 0.25) is 0 Å². The highest BCUT2D eigenvalue weighted by Gasteiger charge is 2.21. The van der Waals surface area contributed by atoms with Crippen LogP contribution in [0.2, 0.25) is 0 Å². The van der Waals surface area contributed by atoms with E-state index in [2.05, 4.69) is 26.3 Å². The second kappa shape index (κ2) is 9.40. The summed E-state index contributed by atoms with van der Waals surface area (Å²) in [5.74, 6) is 0.998. The molecule has 32 heavy (non-hydrogen) atoms. The summed E-state index contributed by atoms with van der Waals surface area (Å²) in [6, 6.07) is 14.5. The van der Waals surface area contributed by atoms with E-state index in [1.54, 1.807) is 30.1 Å². The molecule has 0 fully saturated rings. The molecule has 1 amide bonds.